The molecule has 3 aliphatic rings. The maximum atomic E-state index is 12.8. The fourth-order valence-electron chi connectivity index (χ4n) is 6.71. The van der Waals surface area contributed by atoms with E-state index < -0.39 is 147 Å². The van der Waals surface area contributed by atoms with Crippen LogP contribution in [0.2, 0.25) is 5.02 Å². The van der Waals surface area contributed by atoms with Crippen molar-refractivity contribution in [2.75, 3.05) is 32.9 Å². The van der Waals surface area contributed by atoms with Crippen molar-refractivity contribution in [2.45, 2.75) is 118 Å². The minimum Gasteiger partial charge on any atom is -0.477 e. The molecule has 0 aromatic heterocycles. The summed E-state index contributed by atoms with van der Waals surface area (Å²) in [7, 11) is 0. The molecule has 3 saturated heterocycles. The number of aliphatic hydroxyl groups excluding tert-OH is 8. The van der Waals surface area contributed by atoms with Gasteiger partial charge in [0.15, 0.2) is 12.6 Å². The number of benzene rings is 1. The molecular formula is C34H51ClN4O19. The maximum Gasteiger partial charge on any atom is 0.364 e. The Morgan fingerprint density at radius 2 is 1.60 bits per heavy atom. The molecule has 0 radical (unpaired) electrons. The fourth-order valence-corrected chi connectivity index (χ4v) is 6.90. The number of nitrogens with one attached hydrogen (secondary N) is 3. The smallest absolute Gasteiger partial charge is 0.364 e. The second-order valence-corrected chi connectivity index (χ2v) is 14.4. The highest BCUT2D eigenvalue weighted by atomic mass is 35.5. The van der Waals surface area contributed by atoms with Crippen molar-refractivity contribution in [3.63, 3.8) is 0 Å². The quantitative estimate of drug-likeness (QED) is 0.0693. The van der Waals surface area contributed by atoms with Crippen molar-refractivity contribution in [1.82, 2.24) is 16.0 Å². The molecule has 3 amide bonds. The summed E-state index contributed by atoms with van der Waals surface area (Å²) in [6.45, 7) is -0.253. The summed E-state index contributed by atoms with van der Waals surface area (Å²) in [6.07, 6.45) is -24.5. The van der Waals surface area contributed by atoms with Gasteiger partial charge in [0.05, 0.1) is 38.1 Å². The summed E-state index contributed by atoms with van der Waals surface area (Å²) < 4.78 is 33.9. The van der Waals surface area contributed by atoms with Crippen molar-refractivity contribution < 1.29 is 93.6 Å². The Morgan fingerprint density at radius 1 is 0.948 bits per heavy atom. The van der Waals surface area contributed by atoms with E-state index in [1.807, 2.05) is 0 Å². The van der Waals surface area contributed by atoms with Gasteiger partial charge in [0.25, 0.3) is 11.7 Å². The summed E-state index contributed by atoms with van der Waals surface area (Å²) in [4.78, 5) is 49.4. The van der Waals surface area contributed by atoms with Crippen molar-refractivity contribution in [3.8, 4) is 0 Å². The van der Waals surface area contributed by atoms with Crippen LogP contribution in [0.15, 0.2) is 24.3 Å². The number of carbonyl (C=O) groups excluding carboxylic acids is 3. The number of carbonyl (C=O) groups is 4. The van der Waals surface area contributed by atoms with Gasteiger partial charge in [-0.2, -0.15) is 0 Å². The molecule has 16 atom stereocenters. The number of carboxylic acids is 1. The number of aliphatic carboxylic acids is 1. The van der Waals surface area contributed by atoms with E-state index >= 15 is 0 Å². The van der Waals surface area contributed by atoms with Crippen molar-refractivity contribution in [2.24, 2.45) is 5.73 Å². The number of carboxylic acid groups (broad SMARTS) is 1. The first-order valence-electron chi connectivity index (χ1n) is 18.1. The van der Waals surface area contributed by atoms with Crippen LogP contribution < -0.4 is 21.7 Å². The largest absolute Gasteiger partial charge is 0.477 e. The average Bonchev–Trinajstić information content (AvgIpc) is 3.17. The zero-order chi connectivity index (χ0) is 43.1. The number of amides is 3. The second-order valence-electron chi connectivity index (χ2n) is 13.9. The standard InChI is InChI=1S/C34H51ClN4O19/c1-13(41)38-21-17(43)9-34(33(51)52,58-29(21)23(45)18(44)10-37-30(50)15-4-3-5-16(35)8-15)54-12-20-24(46)26(48)27(49)32(56-20)57-28-19(11-40)55-31(53-7-6-36)22(25(28)47)39-14(2)42/h3-5,8,17-29,31-32,40,43-49H,6-7,9-12,36H2,1-2H3,(H,37,50)(H,38,41)(H,39,42)(H,51,52)/t17-,18+,19+,20+,21+,22+,23+,24-,25+,26-,27+,28+,29+,31+,32-,34+/m0/s1. The highest BCUT2D eigenvalue weighted by Crippen LogP contribution is 2.35. The lowest BCUT2D eigenvalue weighted by Gasteiger charge is -2.48. The second kappa shape index (κ2) is 20.9. The van der Waals surface area contributed by atoms with Gasteiger partial charge in [0.2, 0.25) is 11.8 Å². The van der Waals surface area contributed by atoms with Gasteiger partial charge in [0.1, 0.15) is 61.0 Å². The molecule has 23 nitrogen and oxygen atoms in total. The molecule has 0 spiro atoms. The Balaban J connectivity index is 1.52. The van der Waals surface area contributed by atoms with Crippen molar-refractivity contribution >= 4 is 35.3 Å². The first-order chi connectivity index (χ1) is 27.3. The molecule has 4 rings (SSSR count). The Bertz CT molecular complexity index is 1570. The van der Waals surface area contributed by atoms with E-state index in [1.54, 1.807) is 0 Å². The van der Waals surface area contributed by atoms with E-state index in [9.17, 15) is 65.1 Å². The lowest BCUT2D eigenvalue weighted by molar-refractivity contribution is -0.359. The van der Waals surface area contributed by atoms with Gasteiger partial charge in [0, 0.05) is 43.9 Å². The zero-order valence-electron chi connectivity index (χ0n) is 31.3. The molecule has 0 aliphatic carbocycles. The van der Waals surface area contributed by atoms with Crippen LogP contribution in [0.5, 0.6) is 0 Å². The van der Waals surface area contributed by atoms with E-state index in [1.165, 1.54) is 24.3 Å². The zero-order valence-corrected chi connectivity index (χ0v) is 32.0. The van der Waals surface area contributed by atoms with Crippen LogP contribution in [0.3, 0.4) is 0 Å². The molecule has 1 aromatic rings. The van der Waals surface area contributed by atoms with E-state index in [2.05, 4.69) is 16.0 Å². The molecule has 0 saturated carbocycles. The van der Waals surface area contributed by atoms with Gasteiger partial charge in [-0.3, -0.25) is 14.4 Å². The summed E-state index contributed by atoms with van der Waals surface area (Å²) >= 11 is 5.93. The third kappa shape index (κ3) is 11.3. The predicted octanol–water partition coefficient (Wildman–Crippen LogP) is -6.01. The van der Waals surface area contributed by atoms with Crippen LogP contribution in [0.25, 0.3) is 0 Å². The summed E-state index contributed by atoms with van der Waals surface area (Å²) in [5, 5.41) is 105. The van der Waals surface area contributed by atoms with E-state index in [-0.39, 0.29) is 23.7 Å². The van der Waals surface area contributed by atoms with Gasteiger partial charge >= 0.3 is 5.97 Å². The van der Waals surface area contributed by atoms with Crippen LogP contribution in [0, 0.1) is 0 Å². The SMILES string of the molecule is CC(=O)N[C@H]1[C@H](OCCN)O[C@H](CO)[C@@H](O[C@@H]2O[C@H](CO[C@]3(C(=O)O)C[C@H](O)[C@@H](NC(C)=O)[C@H]([C@H](O)[C@H](O)CNC(=O)c4cccc(Cl)c4)O3)[C@H](O)[C@H](O)[C@H]2O)[C@@H]1O. The van der Waals surface area contributed by atoms with Gasteiger partial charge in [-0.1, -0.05) is 17.7 Å². The molecule has 24 heteroatoms. The Kier molecular flexibility index (Phi) is 17.1. The first kappa shape index (κ1) is 47.5. The van der Waals surface area contributed by atoms with Gasteiger partial charge < -0.3 is 96.1 Å². The predicted molar refractivity (Wildman–Crippen MR) is 191 cm³/mol. The molecule has 0 unspecified atom stereocenters. The molecular weight excluding hydrogens is 804 g/mol. The number of rotatable bonds is 17. The van der Waals surface area contributed by atoms with Crippen molar-refractivity contribution in [1.29, 1.82) is 0 Å². The van der Waals surface area contributed by atoms with Gasteiger partial charge in [-0.05, 0) is 18.2 Å². The van der Waals surface area contributed by atoms with Gasteiger partial charge in [-0.15, -0.1) is 0 Å². The average molecular weight is 855 g/mol. The topological polar surface area (TPSA) is 368 Å². The van der Waals surface area contributed by atoms with Crippen LogP contribution in [-0.2, 0) is 42.8 Å². The molecule has 3 heterocycles. The van der Waals surface area contributed by atoms with Crippen molar-refractivity contribution in [3.05, 3.63) is 34.9 Å². The van der Waals surface area contributed by atoms with E-state index in [0.29, 0.717) is 0 Å². The lowest BCUT2D eigenvalue weighted by atomic mass is 9.88. The van der Waals surface area contributed by atoms with Crippen LogP contribution in [0.4, 0.5) is 0 Å². The fraction of sp³-hybridized carbons (Fsp3) is 0.706. The molecule has 328 valence electrons. The molecule has 14 N–H and O–H groups in total. The Morgan fingerprint density at radius 3 is 2.21 bits per heavy atom. The van der Waals surface area contributed by atoms with Crippen LogP contribution in [-0.4, -0.2) is 200 Å². The van der Waals surface area contributed by atoms with E-state index in [4.69, 9.17) is 45.8 Å². The first-order valence-corrected chi connectivity index (χ1v) is 18.5. The van der Waals surface area contributed by atoms with Gasteiger partial charge in [-0.25, -0.2) is 4.79 Å². The van der Waals surface area contributed by atoms with Crippen LogP contribution in [0.1, 0.15) is 30.6 Å². The molecule has 3 aliphatic heterocycles. The molecule has 58 heavy (non-hydrogen) atoms. The van der Waals surface area contributed by atoms with Crippen LogP contribution >= 0.6 is 11.6 Å². The Hall–Kier alpha value is -3.21. The third-order valence-electron chi connectivity index (χ3n) is 9.62. The third-order valence-corrected chi connectivity index (χ3v) is 9.86. The molecule has 1 aromatic carbocycles. The Labute approximate surface area is 335 Å². The molecule has 3 fully saturated rings. The monoisotopic (exact) mass is 854 g/mol. The minimum absolute atomic E-state index is 0.0374. The number of nitrogens with two attached hydrogens (primary N) is 1. The number of hydrogen-bond acceptors (Lipinski definition) is 19. The van der Waals surface area contributed by atoms with E-state index in [0.717, 1.165) is 13.8 Å². The number of halogens is 1. The summed E-state index contributed by atoms with van der Waals surface area (Å²) in [6, 6.07) is 2.94. The summed E-state index contributed by atoms with van der Waals surface area (Å²) in [5.74, 6) is -6.85. The highest BCUT2D eigenvalue weighted by molar-refractivity contribution is 6.30. The number of aliphatic hydroxyl groups is 8. The number of ether oxygens (including phenoxy) is 6. The minimum atomic E-state index is -2.90. The maximum absolute atomic E-state index is 12.8. The lowest BCUT2D eigenvalue weighted by Crippen LogP contribution is -2.69. The molecule has 0 bridgehead atoms. The normalized spacial score (nSPS) is 36.3. The highest BCUT2D eigenvalue weighted by Gasteiger charge is 2.57. The number of hydrogen-bond donors (Lipinski definition) is 13. The summed E-state index contributed by atoms with van der Waals surface area (Å²) in [5.41, 5.74) is 5.60.